The normalized spacial score (nSPS) is 21.7. The number of amides is 2. The van der Waals surface area contributed by atoms with Crippen LogP contribution in [0.5, 0.6) is 5.88 Å². The molecule has 1 aromatic rings. The number of hydrogen-bond acceptors (Lipinski definition) is 7. The van der Waals surface area contributed by atoms with Gasteiger partial charge in [0.15, 0.2) is 0 Å². The zero-order valence-corrected chi connectivity index (χ0v) is 14.7. The van der Waals surface area contributed by atoms with Crippen molar-refractivity contribution in [1.29, 1.82) is 0 Å². The Balaban J connectivity index is 1.31. The van der Waals surface area contributed by atoms with E-state index >= 15 is 0 Å². The number of carbonyl (C=O) groups excluding carboxylic acids is 2. The highest BCUT2D eigenvalue weighted by Gasteiger charge is 2.45. The molecule has 0 bridgehead atoms. The topological polar surface area (TPSA) is 106 Å². The second-order valence-electron chi connectivity index (χ2n) is 7.12. The molecule has 140 valence electrons. The van der Waals surface area contributed by atoms with E-state index in [9.17, 15) is 9.59 Å². The number of nitrogens with zero attached hydrogens (tertiary/aromatic N) is 3. The molecule has 1 aromatic heterocycles. The predicted octanol–water partition coefficient (Wildman–Crippen LogP) is 1.10. The van der Waals surface area contributed by atoms with Gasteiger partial charge in [0.2, 0.25) is 5.76 Å². The van der Waals surface area contributed by atoms with Gasteiger partial charge in [0.1, 0.15) is 11.3 Å². The van der Waals surface area contributed by atoms with Gasteiger partial charge in [0.05, 0.1) is 13.2 Å². The van der Waals surface area contributed by atoms with E-state index in [-0.39, 0.29) is 29.5 Å². The standard InChI is InChI=1S/C17H22N4O5/c1-24-14-9-13(25-20-14)16(23)21-7-5-17(6-8-21)10-12(19-26-17)15(22)18-11-3-2-4-11/h9,11H,2-8,10H2,1H3,(H,18,22). The van der Waals surface area contributed by atoms with Crippen molar-refractivity contribution < 1.29 is 23.7 Å². The van der Waals surface area contributed by atoms with E-state index in [1.807, 2.05) is 0 Å². The molecule has 2 amide bonds. The molecule has 2 fully saturated rings. The molecule has 9 heteroatoms. The summed E-state index contributed by atoms with van der Waals surface area (Å²) >= 11 is 0. The minimum absolute atomic E-state index is 0.126. The lowest BCUT2D eigenvalue weighted by molar-refractivity contribution is -0.116. The first-order chi connectivity index (χ1) is 12.6. The molecule has 4 rings (SSSR count). The maximum Gasteiger partial charge on any atom is 0.292 e. The Kier molecular flexibility index (Phi) is 4.29. The van der Waals surface area contributed by atoms with Crippen LogP contribution in [-0.2, 0) is 9.63 Å². The third kappa shape index (κ3) is 3.13. The molecule has 1 spiro atoms. The van der Waals surface area contributed by atoms with Gasteiger partial charge in [-0.25, -0.2) is 0 Å². The van der Waals surface area contributed by atoms with Crippen LogP contribution in [-0.4, -0.2) is 59.4 Å². The second kappa shape index (κ2) is 6.62. The zero-order chi connectivity index (χ0) is 18.1. The predicted molar refractivity (Wildman–Crippen MR) is 89.8 cm³/mol. The molecule has 0 aromatic carbocycles. The molecule has 1 saturated carbocycles. The molecular formula is C17H22N4O5. The first-order valence-corrected chi connectivity index (χ1v) is 8.94. The Bertz CT molecular complexity index is 731. The van der Waals surface area contributed by atoms with Crippen LogP contribution in [0.1, 0.15) is 49.1 Å². The Hall–Kier alpha value is -2.58. The van der Waals surface area contributed by atoms with Crippen LogP contribution in [0.2, 0.25) is 0 Å². The lowest BCUT2D eigenvalue weighted by Crippen LogP contribution is -2.48. The SMILES string of the molecule is COc1cc(C(=O)N2CCC3(CC2)CC(C(=O)NC2CCC2)=NO3)on1. The molecule has 26 heavy (non-hydrogen) atoms. The Morgan fingerprint density at radius 2 is 2.12 bits per heavy atom. The third-order valence-electron chi connectivity index (χ3n) is 5.41. The zero-order valence-electron chi connectivity index (χ0n) is 14.7. The van der Waals surface area contributed by atoms with E-state index in [2.05, 4.69) is 15.6 Å². The number of ether oxygens (including phenoxy) is 1. The van der Waals surface area contributed by atoms with Crippen LogP contribution < -0.4 is 10.1 Å². The van der Waals surface area contributed by atoms with E-state index in [1.54, 1.807) is 4.90 Å². The average molecular weight is 362 g/mol. The smallest absolute Gasteiger partial charge is 0.292 e. The lowest BCUT2D eigenvalue weighted by Gasteiger charge is -2.36. The molecule has 1 N–H and O–H groups in total. The third-order valence-corrected chi connectivity index (χ3v) is 5.41. The van der Waals surface area contributed by atoms with E-state index in [4.69, 9.17) is 14.1 Å². The molecule has 3 heterocycles. The lowest BCUT2D eigenvalue weighted by atomic mass is 9.86. The summed E-state index contributed by atoms with van der Waals surface area (Å²) in [6.45, 7) is 1.02. The van der Waals surface area contributed by atoms with Gasteiger partial charge in [-0.3, -0.25) is 9.59 Å². The number of carbonyl (C=O) groups is 2. The fourth-order valence-corrected chi connectivity index (χ4v) is 3.46. The van der Waals surface area contributed by atoms with Gasteiger partial charge in [-0.05, 0) is 24.4 Å². The van der Waals surface area contributed by atoms with Gasteiger partial charge in [-0.1, -0.05) is 5.16 Å². The fraction of sp³-hybridized carbons (Fsp3) is 0.647. The summed E-state index contributed by atoms with van der Waals surface area (Å²) < 4.78 is 9.95. The van der Waals surface area contributed by atoms with Crippen molar-refractivity contribution in [3.63, 3.8) is 0 Å². The summed E-state index contributed by atoms with van der Waals surface area (Å²) in [6, 6.07) is 1.75. The van der Waals surface area contributed by atoms with E-state index in [0.717, 1.165) is 12.8 Å². The summed E-state index contributed by atoms with van der Waals surface area (Å²) in [7, 11) is 1.47. The monoisotopic (exact) mass is 362 g/mol. The molecule has 9 nitrogen and oxygen atoms in total. The van der Waals surface area contributed by atoms with Crippen LogP contribution in [0.4, 0.5) is 0 Å². The minimum atomic E-state index is -0.484. The number of oxime groups is 1. The van der Waals surface area contributed by atoms with Crippen molar-refractivity contribution in [2.45, 2.75) is 50.2 Å². The second-order valence-corrected chi connectivity index (χ2v) is 7.12. The summed E-state index contributed by atoms with van der Waals surface area (Å²) in [5, 5.41) is 10.7. The molecule has 1 saturated heterocycles. The highest BCUT2D eigenvalue weighted by molar-refractivity contribution is 6.39. The van der Waals surface area contributed by atoms with Gasteiger partial charge in [0.25, 0.3) is 17.7 Å². The van der Waals surface area contributed by atoms with Gasteiger partial charge in [-0.2, -0.15) is 0 Å². The highest BCUT2D eigenvalue weighted by Crippen LogP contribution is 2.35. The molecule has 0 unspecified atom stereocenters. The first-order valence-electron chi connectivity index (χ1n) is 8.94. The van der Waals surface area contributed by atoms with Gasteiger partial charge in [0, 0.05) is 38.4 Å². The first kappa shape index (κ1) is 16.9. The van der Waals surface area contributed by atoms with E-state index < -0.39 is 5.60 Å². The van der Waals surface area contributed by atoms with Gasteiger partial charge in [-0.15, -0.1) is 0 Å². The van der Waals surface area contributed by atoms with Gasteiger partial charge < -0.3 is 24.3 Å². The van der Waals surface area contributed by atoms with Crippen molar-refractivity contribution in [2.75, 3.05) is 20.2 Å². The average Bonchev–Trinajstić information content (AvgIpc) is 3.26. The maximum absolute atomic E-state index is 12.5. The number of piperidine rings is 1. The summed E-state index contributed by atoms with van der Waals surface area (Å²) in [5.74, 6) is 0.0785. The molecule has 0 radical (unpaired) electrons. The Labute approximate surface area is 150 Å². The molecule has 3 aliphatic rings. The Morgan fingerprint density at radius 3 is 2.73 bits per heavy atom. The largest absolute Gasteiger partial charge is 0.479 e. The number of hydrogen-bond donors (Lipinski definition) is 1. The van der Waals surface area contributed by atoms with Crippen molar-refractivity contribution in [3.8, 4) is 5.88 Å². The summed E-state index contributed by atoms with van der Waals surface area (Å²) in [6.07, 6.45) is 4.97. The van der Waals surface area contributed by atoms with Crippen molar-refractivity contribution in [1.82, 2.24) is 15.4 Å². The van der Waals surface area contributed by atoms with Crippen molar-refractivity contribution in [2.24, 2.45) is 5.16 Å². The van der Waals surface area contributed by atoms with Crippen LogP contribution >= 0.6 is 0 Å². The molecular weight excluding hydrogens is 340 g/mol. The number of likely N-dealkylation sites (tertiary alicyclic amines) is 1. The maximum atomic E-state index is 12.5. The van der Waals surface area contributed by atoms with E-state index in [0.29, 0.717) is 38.1 Å². The number of rotatable bonds is 4. The highest BCUT2D eigenvalue weighted by atomic mass is 16.7. The quantitative estimate of drug-likeness (QED) is 0.860. The van der Waals surface area contributed by atoms with Crippen LogP contribution in [0.25, 0.3) is 0 Å². The summed E-state index contributed by atoms with van der Waals surface area (Å²) in [5.41, 5.74) is -0.0287. The van der Waals surface area contributed by atoms with Crippen molar-refractivity contribution >= 4 is 17.5 Å². The van der Waals surface area contributed by atoms with Crippen LogP contribution in [0.15, 0.2) is 15.7 Å². The number of nitrogens with one attached hydrogen (secondary N) is 1. The molecule has 2 aliphatic heterocycles. The minimum Gasteiger partial charge on any atom is -0.479 e. The molecule has 1 aliphatic carbocycles. The van der Waals surface area contributed by atoms with Gasteiger partial charge >= 0.3 is 0 Å². The number of aromatic nitrogens is 1. The van der Waals surface area contributed by atoms with Crippen LogP contribution in [0, 0.1) is 0 Å². The van der Waals surface area contributed by atoms with Crippen LogP contribution in [0.3, 0.4) is 0 Å². The fourth-order valence-electron chi connectivity index (χ4n) is 3.46. The Morgan fingerprint density at radius 1 is 1.35 bits per heavy atom. The number of methoxy groups -OCH3 is 1. The summed E-state index contributed by atoms with van der Waals surface area (Å²) in [4.78, 5) is 32.0. The van der Waals surface area contributed by atoms with Crippen molar-refractivity contribution in [3.05, 3.63) is 11.8 Å². The van der Waals surface area contributed by atoms with E-state index in [1.165, 1.54) is 19.6 Å². The molecule has 0 atom stereocenters.